The van der Waals surface area contributed by atoms with Crippen LogP contribution >= 0.6 is 0 Å². The maximum absolute atomic E-state index is 10.8. The Bertz CT molecular complexity index is 429. The van der Waals surface area contributed by atoms with E-state index in [-0.39, 0.29) is 5.69 Å². The van der Waals surface area contributed by atoms with Crippen molar-refractivity contribution in [2.45, 2.75) is 25.8 Å². The number of nitrogens with two attached hydrogens (primary N) is 1. The van der Waals surface area contributed by atoms with Crippen LogP contribution < -0.4 is 16.6 Å². The number of nitrogen functional groups attached to an aromatic ring is 1. The number of anilines is 2. The van der Waals surface area contributed by atoms with Gasteiger partial charge in [0.25, 0.3) is 5.69 Å². The molecule has 17 heavy (non-hydrogen) atoms. The summed E-state index contributed by atoms with van der Waals surface area (Å²) in [4.78, 5) is 10.3. The van der Waals surface area contributed by atoms with Crippen LogP contribution in [-0.4, -0.2) is 11.0 Å². The Morgan fingerprint density at radius 1 is 1.35 bits per heavy atom. The van der Waals surface area contributed by atoms with Gasteiger partial charge in [-0.1, -0.05) is 6.92 Å². The molecule has 1 aromatic carbocycles. The summed E-state index contributed by atoms with van der Waals surface area (Å²) in [6.07, 6.45) is 2.21. The molecule has 1 aromatic rings. The van der Waals surface area contributed by atoms with Crippen LogP contribution in [0.4, 0.5) is 17.1 Å². The smallest absolute Gasteiger partial charge is 0.273 e. The fourth-order valence-corrected chi connectivity index (χ4v) is 2.14. The lowest BCUT2D eigenvalue weighted by molar-refractivity contribution is -0.384. The molecule has 1 aliphatic rings. The number of non-ortho nitro benzene ring substituents is 1. The maximum atomic E-state index is 10.8. The predicted octanol–water partition coefficient (Wildman–Crippen LogP) is 2.09. The minimum Gasteiger partial charge on any atom is -0.382 e. The van der Waals surface area contributed by atoms with Crippen LogP contribution in [0.5, 0.6) is 0 Å². The molecule has 0 saturated heterocycles. The third-order valence-electron chi connectivity index (χ3n) is 3.04. The molecule has 4 N–H and O–H groups in total. The lowest BCUT2D eigenvalue weighted by Crippen LogP contribution is -2.33. The monoisotopic (exact) mass is 236 g/mol. The quantitative estimate of drug-likeness (QED) is 0.423. The molecule has 0 atom stereocenters. The zero-order chi connectivity index (χ0) is 12.4. The Morgan fingerprint density at radius 3 is 2.53 bits per heavy atom. The average Bonchev–Trinajstić information content (AvgIpc) is 2.26. The molecule has 6 nitrogen and oxygen atoms in total. The number of hydrazine groups is 1. The van der Waals surface area contributed by atoms with E-state index in [0.29, 0.717) is 11.7 Å². The van der Waals surface area contributed by atoms with E-state index in [9.17, 15) is 10.1 Å². The molecule has 0 bridgehead atoms. The van der Waals surface area contributed by atoms with Gasteiger partial charge in [-0.15, -0.1) is 0 Å². The Balaban J connectivity index is 2.15. The lowest BCUT2D eigenvalue weighted by Gasteiger charge is -2.34. The zero-order valence-corrected chi connectivity index (χ0v) is 9.64. The first-order valence-electron chi connectivity index (χ1n) is 5.61. The molecule has 0 spiro atoms. The van der Waals surface area contributed by atoms with Gasteiger partial charge in [0, 0.05) is 23.9 Å². The van der Waals surface area contributed by atoms with E-state index in [0.717, 1.165) is 24.4 Å². The summed E-state index contributed by atoms with van der Waals surface area (Å²) in [6.45, 7) is 2.19. The molecule has 0 amide bonds. The van der Waals surface area contributed by atoms with Gasteiger partial charge in [0.05, 0.1) is 10.6 Å². The molecular weight excluding hydrogens is 220 g/mol. The van der Waals surface area contributed by atoms with Gasteiger partial charge in [0.2, 0.25) is 0 Å². The second-order valence-electron chi connectivity index (χ2n) is 4.59. The van der Waals surface area contributed by atoms with E-state index in [1.165, 1.54) is 12.1 Å². The van der Waals surface area contributed by atoms with E-state index in [1.54, 1.807) is 6.07 Å². The van der Waals surface area contributed by atoms with Gasteiger partial charge in [-0.25, -0.2) is 0 Å². The highest BCUT2D eigenvalue weighted by atomic mass is 16.6. The average molecular weight is 236 g/mol. The Kier molecular flexibility index (Phi) is 3.14. The molecule has 0 aromatic heterocycles. The van der Waals surface area contributed by atoms with Crippen LogP contribution in [0.25, 0.3) is 0 Å². The molecule has 0 heterocycles. The first kappa shape index (κ1) is 11.7. The Labute approximate surface area is 99.3 Å². The lowest BCUT2D eigenvalue weighted by atomic mass is 9.82. The SMILES string of the molecule is CC1CC(Nc2cc(NN)cc([N+](=O)[O-])c2)C1. The van der Waals surface area contributed by atoms with Crippen molar-refractivity contribution in [3.63, 3.8) is 0 Å². The maximum Gasteiger partial charge on any atom is 0.273 e. The minimum atomic E-state index is -0.421. The van der Waals surface area contributed by atoms with Gasteiger partial charge in [-0.2, -0.15) is 0 Å². The normalized spacial score (nSPS) is 22.7. The number of nitro groups is 1. The standard InChI is InChI=1S/C11H16N4O2/c1-7-2-8(3-7)13-9-4-10(14-12)6-11(5-9)15(16)17/h4-8,13-14H,2-3,12H2,1H3. The van der Waals surface area contributed by atoms with E-state index in [2.05, 4.69) is 17.7 Å². The first-order chi connectivity index (χ1) is 8.08. The minimum absolute atomic E-state index is 0.0373. The second-order valence-corrected chi connectivity index (χ2v) is 4.59. The fraction of sp³-hybridized carbons (Fsp3) is 0.455. The molecule has 0 radical (unpaired) electrons. The summed E-state index contributed by atoms with van der Waals surface area (Å²) < 4.78 is 0. The third kappa shape index (κ3) is 2.65. The van der Waals surface area contributed by atoms with Gasteiger partial charge in [0.1, 0.15) is 0 Å². The van der Waals surface area contributed by atoms with E-state index < -0.39 is 4.92 Å². The molecule has 92 valence electrons. The van der Waals surface area contributed by atoms with Crippen molar-refractivity contribution in [2.75, 3.05) is 10.7 Å². The van der Waals surface area contributed by atoms with Crippen molar-refractivity contribution in [3.05, 3.63) is 28.3 Å². The van der Waals surface area contributed by atoms with Crippen LogP contribution in [-0.2, 0) is 0 Å². The number of nitrogens with zero attached hydrogens (tertiary/aromatic N) is 1. The van der Waals surface area contributed by atoms with Crippen molar-refractivity contribution >= 4 is 17.1 Å². The van der Waals surface area contributed by atoms with Crippen molar-refractivity contribution in [1.29, 1.82) is 0 Å². The van der Waals surface area contributed by atoms with Crippen molar-refractivity contribution in [2.24, 2.45) is 11.8 Å². The van der Waals surface area contributed by atoms with Gasteiger partial charge in [-0.05, 0) is 24.8 Å². The van der Waals surface area contributed by atoms with E-state index >= 15 is 0 Å². The van der Waals surface area contributed by atoms with Gasteiger partial charge >= 0.3 is 0 Å². The highest BCUT2D eigenvalue weighted by molar-refractivity contribution is 5.63. The van der Waals surface area contributed by atoms with Gasteiger partial charge in [0.15, 0.2) is 0 Å². The molecular formula is C11H16N4O2. The topological polar surface area (TPSA) is 93.2 Å². The fourth-order valence-electron chi connectivity index (χ4n) is 2.14. The summed E-state index contributed by atoms with van der Waals surface area (Å²) in [6, 6.07) is 5.13. The van der Waals surface area contributed by atoms with Crippen molar-refractivity contribution in [3.8, 4) is 0 Å². The Morgan fingerprint density at radius 2 is 2.00 bits per heavy atom. The van der Waals surface area contributed by atoms with Gasteiger partial charge in [-0.3, -0.25) is 16.0 Å². The number of rotatable bonds is 4. The summed E-state index contributed by atoms with van der Waals surface area (Å²) >= 11 is 0. The van der Waals surface area contributed by atoms with Crippen molar-refractivity contribution < 1.29 is 4.92 Å². The van der Waals surface area contributed by atoms with Gasteiger partial charge < -0.3 is 10.7 Å². The summed E-state index contributed by atoms with van der Waals surface area (Å²) in [7, 11) is 0. The van der Waals surface area contributed by atoms with Crippen LogP contribution in [0.3, 0.4) is 0 Å². The van der Waals surface area contributed by atoms with Crippen molar-refractivity contribution in [1.82, 2.24) is 0 Å². The number of nitro benzene ring substituents is 1. The van der Waals surface area contributed by atoms with Crippen LogP contribution in [0.2, 0.25) is 0 Å². The molecule has 1 fully saturated rings. The summed E-state index contributed by atoms with van der Waals surface area (Å²) in [5, 5.41) is 14.0. The summed E-state index contributed by atoms with van der Waals surface area (Å²) in [5.41, 5.74) is 3.75. The van der Waals surface area contributed by atoms with E-state index in [1.807, 2.05) is 0 Å². The zero-order valence-electron chi connectivity index (χ0n) is 9.64. The third-order valence-corrected chi connectivity index (χ3v) is 3.04. The number of hydrogen-bond donors (Lipinski definition) is 3. The molecule has 0 unspecified atom stereocenters. The molecule has 1 aliphatic carbocycles. The van der Waals surface area contributed by atoms with E-state index in [4.69, 9.17) is 5.84 Å². The van der Waals surface area contributed by atoms with Crippen LogP contribution in [0.1, 0.15) is 19.8 Å². The highest BCUT2D eigenvalue weighted by Crippen LogP contribution is 2.31. The van der Waals surface area contributed by atoms with Crippen LogP contribution in [0, 0.1) is 16.0 Å². The summed E-state index contributed by atoms with van der Waals surface area (Å²) in [5.74, 6) is 6.02. The second kappa shape index (κ2) is 4.58. The Hall–Kier alpha value is -1.82. The first-order valence-corrected chi connectivity index (χ1v) is 5.61. The molecule has 2 rings (SSSR count). The largest absolute Gasteiger partial charge is 0.382 e. The molecule has 1 saturated carbocycles. The molecule has 0 aliphatic heterocycles. The predicted molar refractivity (Wildman–Crippen MR) is 66.7 cm³/mol. The van der Waals surface area contributed by atoms with Crippen LogP contribution in [0.15, 0.2) is 18.2 Å². The number of hydrogen-bond acceptors (Lipinski definition) is 5. The number of benzene rings is 1. The number of nitrogens with one attached hydrogen (secondary N) is 2. The highest BCUT2D eigenvalue weighted by Gasteiger charge is 2.25. The molecule has 6 heteroatoms.